The molecule has 2 N–H and O–H groups in total. The highest BCUT2D eigenvalue weighted by Crippen LogP contribution is 2.41. The van der Waals surface area contributed by atoms with E-state index in [1.165, 1.54) is 36.4 Å². The number of fused-ring (bicyclic) bond motifs is 1. The molecule has 3 aromatic rings. The number of benzene rings is 2. The number of carbonyl (C=O) groups excluding carboxylic acids is 2. The quantitative estimate of drug-likeness (QED) is 0.401. The van der Waals surface area contributed by atoms with E-state index in [4.69, 9.17) is 14.9 Å². The molecule has 0 aliphatic heterocycles. The lowest BCUT2D eigenvalue weighted by Crippen LogP contribution is -2.30. The van der Waals surface area contributed by atoms with Gasteiger partial charge in [0, 0.05) is 23.6 Å². The van der Waals surface area contributed by atoms with Crippen LogP contribution in [0.4, 0.5) is 14.9 Å². The molecular weight excluding hydrogens is 455 g/mol. The lowest BCUT2D eigenvalue weighted by molar-refractivity contribution is 0.0640. The molecule has 0 bridgehead atoms. The summed E-state index contributed by atoms with van der Waals surface area (Å²) in [6, 6.07) is 7.98. The first-order valence-corrected chi connectivity index (χ1v) is 11.8. The molecule has 1 heterocycles. The maximum Gasteiger partial charge on any atom is 0.412 e. The summed E-state index contributed by atoms with van der Waals surface area (Å²) >= 11 is 0. The lowest BCUT2D eigenvalue weighted by Gasteiger charge is -2.24. The average molecular weight is 478 g/mol. The third-order valence-electron chi connectivity index (χ3n) is 4.59. The van der Waals surface area contributed by atoms with Crippen LogP contribution in [0.1, 0.15) is 31.1 Å². The number of rotatable bonds is 7. The van der Waals surface area contributed by atoms with Gasteiger partial charge in [-0.2, -0.15) is 0 Å². The van der Waals surface area contributed by atoms with E-state index in [-0.39, 0.29) is 46.4 Å². The number of halogens is 1. The van der Waals surface area contributed by atoms with Crippen LogP contribution in [-0.4, -0.2) is 39.4 Å². The molecular formula is C22H23FN2O7S. The van der Waals surface area contributed by atoms with Crippen LogP contribution in [-0.2, 0) is 14.8 Å². The second kappa shape index (κ2) is 9.10. The topological polar surface area (TPSA) is 129 Å². The zero-order chi connectivity index (χ0) is 24.5. The van der Waals surface area contributed by atoms with Gasteiger partial charge in [0.1, 0.15) is 28.5 Å². The molecule has 0 aliphatic rings. The first-order chi connectivity index (χ1) is 15.4. The van der Waals surface area contributed by atoms with Crippen LogP contribution in [0.2, 0.25) is 0 Å². The number of amides is 1. The van der Waals surface area contributed by atoms with Crippen molar-refractivity contribution in [2.45, 2.75) is 26.9 Å². The Balaban J connectivity index is 2.37. The third kappa shape index (κ3) is 5.08. The molecule has 9 nitrogen and oxygen atoms in total. The van der Waals surface area contributed by atoms with E-state index >= 15 is 0 Å². The summed E-state index contributed by atoms with van der Waals surface area (Å²) in [5.74, 6) is -1.42. The molecule has 0 saturated carbocycles. The molecule has 176 valence electrons. The molecule has 0 radical (unpaired) electrons. The van der Waals surface area contributed by atoms with Crippen molar-refractivity contribution >= 4 is 38.7 Å². The Morgan fingerprint density at radius 3 is 2.33 bits per heavy atom. The van der Waals surface area contributed by atoms with Crippen molar-refractivity contribution in [1.29, 1.82) is 0 Å². The number of ether oxygens (including phenoxy) is 2. The van der Waals surface area contributed by atoms with Gasteiger partial charge in [-0.3, -0.25) is 4.31 Å². The standard InChI is InChI=1S/C22H23FN2O7S/c1-5-25(33(4,28)29)16-11-17-15(10-18(16)30-12(2)3)19(21(26)32-22(24)27)20(31-17)13-6-8-14(23)9-7-13/h6-12H,5H2,1-4H3,(H2,24,27). The molecule has 0 atom stereocenters. The molecule has 1 amide bonds. The Hall–Kier alpha value is -3.60. The number of carbonyl (C=O) groups is 2. The maximum absolute atomic E-state index is 13.4. The molecule has 33 heavy (non-hydrogen) atoms. The summed E-state index contributed by atoms with van der Waals surface area (Å²) in [5.41, 5.74) is 5.53. The van der Waals surface area contributed by atoms with E-state index in [9.17, 15) is 22.4 Å². The van der Waals surface area contributed by atoms with Gasteiger partial charge in [-0.25, -0.2) is 22.4 Å². The number of furan rings is 1. The Labute approximate surface area is 189 Å². The molecule has 0 fully saturated rings. The van der Waals surface area contributed by atoms with Gasteiger partial charge < -0.3 is 19.6 Å². The fraction of sp³-hybridized carbons (Fsp3) is 0.273. The normalized spacial score (nSPS) is 11.6. The summed E-state index contributed by atoms with van der Waals surface area (Å²) in [4.78, 5) is 24.0. The summed E-state index contributed by atoms with van der Waals surface area (Å²) in [5, 5.41) is 0.199. The van der Waals surface area contributed by atoms with Crippen LogP contribution in [0.5, 0.6) is 5.75 Å². The highest BCUT2D eigenvalue weighted by atomic mass is 32.2. The molecule has 0 aliphatic carbocycles. The predicted molar refractivity (Wildman–Crippen MR) is 120 cm³/mol. The largest absolute Gasteiger partial charge is 0.489 e. The van der Waals surface area contributed by atoms with Gasteiger partial charge in [0.15, 0.2) is 0 Å². The van der Waals surface area contributed by atoms with Gasteiger partial charge in [0.05, 0.1) is 18.0 Å². The first kappa shape index (κ1) is 24.1. The van der Waals surface area contributed by atoms with Crippen molar-refractivity contribution < 1.29 is 36.3 Å². The number of anilines is 1. The molecule has 0 unspecified atom stereocenters. The van der Waals surface area contributed by atoms with E-state index in [0.29, 0.717) is 5.56 Å². The van der Waals surface area contributed by atoms with Gasteiger partial charge in [-0.05, 0) is 51.1 Å². The molecule has 0 spiro atoms. The maximum atomic E-state index is 13.4. The van der Waals surface area contributed by atoms with Crippen molar-refractivity contribution in [3.05, 3.63) is 47.8 Å². The second-order valence-corrected chi connectivity index (χ2v) is 9.34. The fourth-order valence-corrected chi connectivity index (χ4v) is 4.36. The van der Waals surface area contributed by atoms with Crippen LogP contribution < -0.4 is 14.8 Å². The number of nitrogens with two attached hydrogens (primary N) is 1. The zero-order valence-electron chi connectivity index (χ0n) is 18.4. The highest BCUT2D eigenvalue weighted by Gasteiger charge is 2.29. The number of primary amides is 1. The minimum Gasteiger partial charge on any atom is -0.489 e. The second-order valence-electron chi connectivity index (χ2n) is 7.43. The summed E-state index contributed by atoms with van der Waals surface area (Å²) in [7, 11) is -3.67. The smallest absolute Gasteiger partial charge is 0.412 e. The molecule has 1 aromatic heterocycles. The highest BCUT2D eigenvalue weighted by molar-refractivity contribution is 7.92. The monoisotopic (exact) mass is 478 g/mol. The SMILES string of the molecule is CCN(c1cc2oc(-c3ccc(F)cc3)c(C(=O)OC(N)=O)c2cc1OC(C)C)S(C)(=O)=O. The van der Waals surface area contributed by atoms with Gasteiger partial charge in [-0.15, -0.1) is 0 Å². The van der Waals surface area contributed by atoms with Gasteiger partial charge in [-0.1, -0.05) is 0 Å². The van der Waals surface area contributed by atoms with E-state index < -0.39 is 27.9 Å². The summed E-state index contributed by atoms with van der Waals surface area (Å²) in [6.07, 6.45) is -0.588. The van der Waals surface area contributed by atoms with Crippen molar-refractivity contribution in [1.82, 2.24) is 0 Å². The summed E-state index contributed by atoms with van der Waals surface area (Å²) < 4.78 is 55.6. The van der Waals surface area contributed by atoms with E-state index in [2.05, 4.69) is 4.74 Å². The molecule has 11 heteroatoms. The minimum absolute atomic E-state index is 0.00805. The molecule has 2 aromatic carbocycles. The van der Waals surface area contributed by atoms with Gasteiger partial charge in [0.25, 0.3) is 0 Å². The van der Waals surface area contributed by atoms with E-state index in [0.717, 1.165) is 10.6 Å². The number of hydrogen-bond acceptors (Lipinski definition) is 7. The van der Waals surface area contributed by atoms with Crippen LogP contribution in [0.3, 0.4) is 0 Å². The Morgan fingerprint density at radius 2 is 1.82 bits per heavy atom. The predicted octanol–water partition coefficient (Wildman–Crippen LogP) is 4.05. The van der Waals surface area contributed by atoms with Crippen molar-refractivity contribution in [2.75, 3.05) is 17.1 Å². The van der Waals surface area contributed by atoms with Crippen molar-refractivity contribution in [2.24, 2.45) is 5.73 Å². The number of hydrogen-bond donors (Lipinski definition) is 1. The Kier molecular flexibility index (Phi) is 6.63. The molecule has 3 rings (SSSR count). The van der Waals surface area contributed by atoms with E-state index in [1.54, 1.807) is 20.8 Å². The van der Waals surface area contributed by atoms with Crippen molar-refractivity contribution in [3.8, 4) is 17.1 Å². The van der Waals surface area contributed by atoms with E-state index in [1.807, 2.05) is 0 Å². The zero-order valence-corrected chi connectivity index (χ0v) is 19.2. The fourth-order valence-electron chi connectivity index (χ4n) is 3.39. The van der Waals surface area contributed by atoms with Crippen LogP contribution in [0.15, 0.2) is 40.8 Å². The number of esters is 1. The Bertz CT molecular complexity index is 1310. The minimum atomic E-state index is -3.67. The number of nitrogens with zero attached hydrogens (tertiary/aromatic N) is 1. The van der Waals surface area contributed by atoms with Crippen LogP contribution in [0, 0.1) is 5.82 Å². The Morgan fingerprint density at radius 1 is 1.18 bits per heavy atom. The molecule has 0 saturated heterocycles. The van der Waals surface area contributed by atoms with Crippen LogP contribution >= 0.6 is 0 Å². The summed E-state index contributed by atoms with van der Waals surface area (Å²) in [6.45, 7) is 5.28. The van der Waals surface area contributed by atoms with Gasteiger partial charge >= 0.3 is 12.1 Å². The average Bonchev–Trinajstić information content (AvgIpc) is 3.05. The third-order valence-corrected chi connectivity index (χ3v) is 5.85. The van der Waals surface area contributed by atoms with Crippen molar-refractivity contribution in [3.63, 3.8) is 0 Å². The number of sulfonamides is 1. The first-order valence-electron chi connectivity index (χ1n) is 9.94. The van der Waals surface area contributed by atoms with Crippen LogP contribution in [0.25, 0.3) is 22.3 Å². The van der Waals surface area contributed by atoms with Gasteiger partial charge in [0.2, 0.25) is 10.0 Å². The lowest BCUT2D eigenvalue weighted by atomic mass is 10.0.